The Balaban J connectivity index is 1.58. The Morgan fingerprint density at radius 1 is 0.941 bits per heavy atom. The van der Waals surface area contributed by atoms with Crippen LogP contribution in [0.3, 0.4) is 0 Å². The number of nitrogens with zero attached hydrogens (tertiary/aromatic N) is 2. The van der Waals surface area contributed by atoms with Crippen molar-refractivity contribution in [2.24, 2.45) is 0 Å². The summed E-state index contributed by atoms with van der Waals surface area (Å²) in [6, 6.07) is 0. The van der Waals surface area contributed by atoms with Crippen LogP contribution in [0.5, 0.6) is 0 Å². The molecular formula is C14H28N2O. The number of hydrogen-bond donors (Lipinski definition) is 0. The third-order valence-electron chi connectivity index (χ3n) is 3.93. The fourth-order valence-electron chi connectivity index (χ4n) is 2.94. The van der Waals surface area contributed by atoms with Crippen LogP contribution in [0, 0.1) is 0 Å². The first kappa shape index (κ1) is 13.3. The zero-order valence-electron chi connectivity index (χ0n) is 11.5. The van der Waals surface area contributed by atoms with Crippen LogP contribution in [-0.4, -0.2) is 61.3 Å². The molecule has 0 spiro atoms. The van der Waals surface area contributed by atoms with E-state index in [1.165, 1.54) is 65.0 Å². The normalized spacial score (nSPS) is 24.9. The molecule has 0 atom stereocenters. The molecule has 3 heteroatoms. The second-order valence-electron chi connectivity index (χ2n) is 5.77. The van der Waals surface area contributed by atoms with Gasteiger partial charge in [0.15, 0.2) is 0 Å². The summed E-state index contributed by atoms with van der Waals surface area (Å²) >= 11 is 0. The molecule has 17 heavy (non-hydrogen) atoms. The highest BCUT2D eigenvalue weighted by atomic mass is 16.5. The molecule has 0 amide bonds. The topological polar surface area (TPSA) is 15.7 Å². The van der Waals surface area contributed by atoms with Gasteiger partial charge in [0.05, 0.1) is 12.2 Å². The predicted octanol–water partition coefficient (Wildman–Crippen LogP) is 1.97. The fourth-order valence-corrected chi connectivity index (χ4v) is 2.94. The Hall–Kier alpha value is -0.120. The number of piperidine rings is 1. The number of rotatable bonds is 5. The lowest BCUT2D eigenvalue weighted by molar-refractivity contribution is -0.0274. The van der Waals surface area contributed by atoms with Gasteiger partial charge in [0.1, 0.15) is 0 Å². The van der Waals surface area contributed by atoms with Gasteiger partial charge in [-0.3, -0.25) is 0 Å². The van der Waals surface area contributed by atoms with E-state index in [0.717, 1.165) is 0 Å². The highest BCUT2D eigenvalue weighted by Gasteiger charge is 2.21. The quantitative estimate of drug-likeness (QED) is 0.731. The molecule has 0 aromatic carbocycles. The van der Waals surface area contributed by atoms with Gasteiger partial charge in [0.2, 0.25) is 0 Å². The van der Waals surface area contributed by atoms with Gasteiger partial charge in [-0.15, -0.1) is 0 Å². The summed E-state index contributed by atoms with van der Waals surface area (Å²) < 4.78 is 5.88. The van der Waals surface area contributed by atoms with E-state index < -0.39 is 0 Å². The van der Waals surface area contributed by atoms with E-state index in [1.54, 1.807) is 0 Å². The van der Waals surface area contributed by atoms with Crippen molar-refractivity contribution >= 4 is 0 Å². The van der Waals surface area contributed by atoms with Crippen LogP contribution in [0.2, 0.25) is 0 Å². The molecule has 2 aliphatic heterocycles. The van der Waals surface area contributed by atoms with Crippen LogP contribution in [0.4, 0.5) is 0 Å². The SMILES string of the molecule is CC(C)OC1CCN(CCN2CCCC2)CC1. The Morgan fingerprint density at radius 2 is 1.47 bits per heavy atom. The van der Waals surface area contributed by atoms with Gasteiger partial charge >= 0.3 is 0 Å². The lowest BCUT2D eigenvalue weighted by Crippen LogP contribution is -2.41. The molecule has 0 aromatic heterocycles. The number of hydrogen-bond acceptors (Lipinski definition) is 3. The average Bonchev–Trinajstić information content (AvgIpc) is 2.80. The Morgan fingerprint density at radius 3 is 2.00 bits per heavy atom. The van der Waals surface area contributed by atoms with Crippen LogP contribution in [-0.2, 0) is 4.74 Å². The lowest BCUT2D eigenvalue weighted by Gasteiger charge is -2.33. The van der Waals surface area contributed by atoms with Gasteiger partial charge < -0.3 is 14.5 Å². The van der Waals surface area contributed by atoms with Crippen LogP contribution in [0.25, 0.3) is 0 Å². The van der Waals surface area contributed by atoms with E-state index in [0.29, 0.717) is 12.2 Å². The highest BCUT2D eigenvalue weighted by molar-refractivity contribution is 4.75. The Labute approximate surface area is 106 Å². The molecular weight excluding hydrogens is 212 g/mol. The lowest BCUT2D eigenvalue weighted by atomic mass is 10.1. The average molecular weight is 240 g/mol. The smallest absolute Gasteiger partial charge is 0.0603 e. The van der Waals surface area contributed by atoms with E-state index in [-0.39, 0.29) is 0 Å². The molecule has 0 aromatic rings. The predicted molar refractivity (Wildman–Crippen MR) is 71.4 cm³/mol. The largest absolute Gasteiger partial charge is 0.375 e. The molecule has 0 radical (unpaired) electrons. The van der Waals surface area contributed by atoms with Gasteiger partial charge in [0, 0.05) is 26.2 Å². The Bertz CT molecular complexity index is 206. The molecule has 0 aliphatic carbocycles. The molecule has 100 valence electrons. The Kier molecular flexibility index (Phi) is 5.26. The first-order valence-corrected chi connectivity index (χ1v) is 7.34. The maximum absolute atomic E-state index is 5.88. The van der Waals surface area contributed by atoms with Gasteiger partial charge in [-0.25, -0.2) is 0 Å². The summed E-state index contributed by atoms with van der Waals surface area (Å²) in [4.78, 5) is 5.22. The minimum Gasteiger partial charge on any atom is -0.375 e. The molecule has 0 unspecified atom stereocenters. The van der Waals surface area contributed by atoms with E-state index in [2.05, 4.69) is 23.6 Å². The molecule has 2 heterocycles. The van der Waals surface area contributed by atoms with Crippen LogP contribution in [0.15, 0.2) is 0 Å². The summed E-state index contributed by atoms with van der Waals surface area (Å²) in [5, 5.41) is 0. The maximum atomic E-state index is 5.88. The fraction of sp³-hybridized carbons (Fsp3) is 1.00. The van der Waals surface area contributed by atoms with Crippen LogP contribution < -0.4 is 0 Å². The first-order chi connectivity index (χ1) is 8.24. The van der Waals surface area contributed by atoms with Gasteiger partial charge in [-0.05, 0) is 52.6 Å². The van der Waals surface area contributed by atoms with Gasteiger partial charge in [-0.1, -0.05) is 0 Å². The molecule has 0 saturated carbocycles. The van der Waals surface area contributed by atoms with Crippen molar-refractivity contribution in [2.45, 2.75) is 51.7 Å². The number of likely N-dealkylation sites (tertiary alicyclic amines) is 2. The van der Waals surface area contributed by atoms with Crippen molar-refractivity contribution in [3.05, 3.63) is 0 Å². The maximum Gasteiger partial charge on any atom is 0.0603 e. The van der Waals surface area contributed by atoms with E-state index in [1.807, 2.05) is 0 Å². The molecule has 2 fully saturated rings. The van der Waals surface area contributed by atoms with Gasteiger partial charge in [-0.2, -0.15) is 0 Å². The van der Waals surface area contributed by atoms with Crippen molar-refractivity contribution in [1.82, 2.24) is 9.80 Å². The molecule has 0 N–H and O–H groups in total. The van der Waals surface area contributed by atoms with Crippen molar-refractivity contribution in [3.8, 4) is 0 Å². The van der Waals surface area contributed by atoms with Crippen molar-refractivity contribution in [3.63, 3.8) is 0 Å². The third kappa shape index (κ3) is 4.57. The van der Waals surface area contributed by atoms with E-state index >= 15 is 0 Å². The molecule has 2 saturated heterocycles. The zero-order chi connectivity index (χ0) is 12.1. The second kappa shape index (κ2) is 6.72. The molecule has 2 aliphatic rings. The van der Waals surface area contributed by atoms with Crippen LogP contribution in [0.1, 0.15) is 39.5 Å². The highest BCUT2D eigenvalue weighted by Crippen LogP contribution is 2.15. The summed E-state index contributed by atoms with van der Waals surface area (Å²) in [6.45, 7) is 11.9. The van der Waals surface area contributed by atoms with Crippen molar-refractivity contribution < 1.29 is 4.74 Å². The minimum absolute atomic E-state index is 0.385. The molecule has 2 rings (SSSR count). The minimum atomic E-state index is 0.385. The second-order valence-corrected chi connectivity index (χ2v) is 5.77. The van der Waals surface area contributed by atoms with Gasteiger partial charge in [0.25, 0.3) is 0 Å². The van der Waals surface area contributed by atoms with Crippen molar-refractivity contribution in [1.29, 1.82) is 0 Å². The van der Waals surface area contributed by atoms with E-state index in [4.69, 9.17) is 4.74 Å². The summed E-state index contributed by atoms with van der Waals surface area (Å²) in [7, 11) is 0. The van der Waals surface area contributed by atoms with Crippen LogP contribution >= 0.6 is 0 Å². The third-order valence-corrected chi connectivity index (χ3v) is 3.93. The first-order valence-electron chi connectivity index (χ1n) is 7.34. The summed E-state index contributed by atoms with van der Waals surface area (Å²) in [5.74, 6) is 0. The molecule has 0 bridgehead atoms. The zero-order valence-corrected chi connectivity index (χ0v) is 11.5. The number of ether oxygens (including phenoxy) is 1. The van der Waals surface area contributed by atoms with E-state index in [9.17, 15) is 0 Å². The summed E-state index contributed by atoms with van der Waals surface area (Å²) in [5.41, 5.74) is 0. The standard InChI is InChI=1S/C14H28N2O/c1-13(2)17-14-5-9-16(10-6-14)12-11-15-7-3-4-8-15/h13-14H,3-12H2,1-2H3. The van der Waals surface area contributed by atoms with Crippen molar-refractivity contribution in [2.75, 3.05) is 39.3 Å². The molecule has 3 nitrogen and oxygen atoms in total. The summed E-state index contributed by atoms with van der Waals surface area (Å²) in [6.07, 6.45) is 6.15. The monoisotopic (exact) mass is 240 g/mol.